The van der Waals surface area contributed by atoms with Crippen LogP contribution in [0.1, 0.15) is 31.9 Å². The lowest BCUT2D eigenvalue weighted by atomic mass is 10.2. The molecule has 2 heterocycles. The van der Waals surface area contributed by atoms with Crippen LogP contribution in [-0.4, -0.2) is 34.3 Å². The van der Waals surface area contributed by atoms with Crippen molar-refractivity contribution in [2.45, 2.75) is 33.2 Å². The van der Waals surface area contributed by atoms with Crippen molar-refractivity contribution in [1.82, 2.24) is 14.8 Å². The Hall–Kier alpha value is -3.09. The van der Waals surface area contributed by atoms with Crippen LogP contribution in [0.4, 0.5) is 11.4 Å². The van der Waals surface area contributed by atoms with Crippen molar-refractivity contribution in [2.24, 2.45) is 0 Å². The second-order valence-electron chi connectivity index (χ2n) is 6.75. The zero-order valence-corrected chi connectivity index (χ0v) is 16.1. The summed E-state index contributed by atoms with van der Waals surface area (Å²) in [5.74, 6) is 0.685. The molecule has 0 aliphatic heterocycles. The molecule has 0 atom stereocenters. The van der Waals surface area contributed by atoms with E-state index < -0.39 is 0 Å². The largest absolute Gasteiger partial charge is 0.495 e. The second kappa shape index (κ2) is 8.07. The van der Waals surface area contributed by atoms with Gasteiger partial charge in [0.15, 0.2) is 5.65 Å². The van der Waals surface area contributed by atoms with Crippen molar-refractivity contribution in [2.75, 3.05) is 24.3 Å². The van der Waals surface area contributed by atoms with Gasteiger partial charge in [-0.2, -0.15) is 5.10 Å². The Morgan fingerprint density at radius 1 is 1.26 bits per heavy atom. The lowest BCUT2D eigenvalue weighted by molar-refractivity contribution is -0.115. The highest BCUT2D eigenvalue weighted by molar-refractivity contribution is 5.92. The highest BCUT2D eigenvalue weighted by Crippen LogP contribution is 2.25. The van der Waals surface area contributed by atoms with Gasteiger partial charge in [-0.05, 0) is 44.5 Å². The normalized spacial score (nSPS) is 11.0. The molecule has 0 saturated carbocycles. The molecular formula is C20H25N5O2. The molecule has 0 unspecified atom stereocenters. The molecule has 3 aromatic rings. The molecule has 0 radical (unpaired) electrons. The maximum absolute atomic E-state index is 12.2. The number of pyridine rings is 1. The topological polar surface area (TPSA) is 81.1 Å². The van der Waals surface area contributed by atoms with Gasteiger partial charge in [0.2, 0.25) is 5.91 Å². The predicted octanol–water partition coefficient (Wildman–Crippen LogP) is 3.77. The average Bonchev–Trinajstić information content (AvgIpc) is 3.05. The van der Waals surface area contributed by atoms with E-state index in [2.05, 4.69) is 34.6 Å². The number of rotatable bonds is 7. The van der Waals surface area contributed by atoms with E-state index in [-0.39, 0.29) is 11.9 Å². The number of nitrogens with zero attached hydrogens (tertiary/aromatic N) is 3. The maximum Gasteiger partial charge on any atom is 0.226 e. The number of anilines is 2. The minimum Gasteiger partial charge on any atom is -0.495 e. The fourth-order valence-electron chi connectivity index (χ4n) is 2.88. The number of hydrogen-bond acceptors (Lipinski definition) is 5. The number of carbonyl (C=O) groups is 1. The Kier molecular flexibility index (Phi) is 5.59. The Morgan fingerprint density at radius 3 is 2.81 bits per heavy atom. The second-order valence-corrected chi connectivity index (χ2v) is 6.75. The van der Waals surface area contributed by atoms with Gasteiger partial charge in [-0.25, -0.2) is 9.67 Å². The van der Waals surface area contributed by atoms with E-state index in [9.17, 15) is 4.79 Å². The Morgan fingerprint density at radius 2 is 2.07 bits per heavy atom. The maximum atomic E-state index is 12.2. The molecule has 0 saturated heterocycles. The molecule has 142 valence electrons. The molecule has 3 rings (SSSR count). The van der Waals surface area contributed by atoms with Gasteiger partial charge in [0, 0.05) is 24.4 Å². The van der Waals surface area contributed by atoms with Gasteiger partial charge in [-0.1, -0.05) is 6.07 Å². The first-order valence-electron chi connectivity index (χ1n) is 8.99. The summed E-state index contributed by atoms with van der Waals surface area (Å²) in [5.41, 5.74) is 3.50. The van der Waals surface area contributed by atoms with E-state index in [1.54, 1.807) is 19.5 Å². The van der Waals surface area contributed by atoms with Crippen LogP contribution in [0.2, 0.25) is 0 Å². The van der Waals surface area contributed by atoms with Gasteiger partial charge in [-0.15, -0.1) is 0 Å². The third-order valence-electron chi connectivity index (χ3n) is 4.23. The summed E-state index contributed by atoms with van der Waals surface area (Å²) < 4.78 is 7.20. The number of ether oxygens (including phenoxy) is 1. The minimum absolute atomic E-state index is 0.0773. The third kappa shape index (κ3) is 4.36. The number of hydrogen-bond donors (Lipinski definition) is 2. The van der Waals surface area contributed by atoms with E-state index in [4.69, 9.17) is 4.74 Å². The van der Waals surface area contributed by atoms with Crippen LogP contribution in [0, 0.1) is 6.92 Å². The fraction of sp³-hybridized carbons (Fsp3) is 0.350. The number of amides is 1. The molecule has 0 fully saturated rings. The van der Waals surface area contributed by atoms with Gasteiger partial charge in [0.25, 0.3) is 0 Å². The predicted molar refractivity (Wildman–Crippen MR) is 107 cm³/mol. The smallest absolute Gasteiger partial charge is 0.226 e. The zero-order chi connectivity index (χ0) is 19.4. The molecule has 7 nitrogen and oxygen atoms in total. The molecule has 1 amide bonds. The van der Waals surface area contributed by atoms with Gasteiger partial charge < -0.3 is 15.4 Å². The lowest BCUT2D eigenvalue weighted by Gasteiger charge is -2.12. The van der Waals surface area contributed by atoms with Crippen molar-refractivity contribution in [3.05, 3.63) is 42.2 Å². The summed E-state index contributed by atoms with van der Waals surface area (Å²) in [6.07, 6.45) is 3.77. The van der Waals surface area contributed by atoms with E-state index in [1.807, 2.05) is 35.9 Å². The Labute approximate surface area is 158 Å². The van der Waals surface area contributed by atoms with Gasteiger partial charge in [-0.3, -0.25) is 4.79 Å². The Bertz CT molecular complexity index is 949. The van der Waals surface area contributed by atoms with Crippen molar-refractivity contribution < 1.29 is 9.53 Å². The quantitative estimate of drug-likeness (QED) is 0.664. The van der Waals surface area contributed by atoms with Crippen LogP contribution in [0.15, 0.2) is 36.7 Å². The van der Waals surface area contributed by atoms with E-state index in [1.165, 1.54) is 0 Å². The molecule has 2 N–H and O–H groups in total. The number of fused-ring (bicyclic) bond motifs is 1. The standard InChI is InChI=1S/C20H25N5O2/c1-13(2)25-20-15(11-23-25)10-16(12-22-20)24-19(26)7-8-21-17-9-14(3)5-6-18(17)27-4/h5-6,9-13,21H,7-8H2,1-4H3,(H,24,26). The number of aryl methyl sites for hydroxylation is 1. The SMILES string of the molecule is COc1ccc(C)cc1NCCC(=O)Nc1cnc2c(cnn2C(C)C)c1. The summed E-state index contributed by atoms with van der Waals surface area (Å²) in [7, 11) is 1.63. The summed E-state index contributed by atoms with van der Waals surface area (Å²) in [4.78, 5) is 16.7. The molecule has 27 heavy (non-hydrogen) atoms. The number of aromatic nitrogens is 3. The minimum atomic E-state index is -0.0773. The van der Waals surface area contributed by atoms with Crippen molar-refractivity contribution in [3.8, 4) is 5.75 Å². The first kappa shape index (κ1) is 18.7. The van der Waals surface area contributed by atoms with Crippen LogP contribution in [0.25, 0.3) is 11.0 Å². The van der Waals surface area contributed by atoms with Crippen LogP contribution >= 0.6 is 0 Å². The fourth-order valence-corrected chi connectivity index (χ4v) is 2.88. The van der Waals surface area contributed by atoms with E-state index in [0.29, 0.717) is 18.7 Å². The van der Waals surface area contributed by atoms with Gasteiger partial charge in [0.05, 0.1) is 30.9 Å². The monoisotopic (exact) mass is 367 g/mol. The van der Waals surface area contributed by atoms with Crippen LogP contribution in [-0.2, 0) is 4.79 Å². The molecule has 7 heteroatoms. The van der Waals surface area contributed by atoms with Crippen molar-refractivity contribution in [3.63, 3.8) is 0 Å². The highest BCUT2D eigenvalue weighted by atomic mass is 16.5. The Balaban J connectivity index is 1.58. The molecule has 0 aliphatic rings. The lowest BCUT2D eigenvalue weighted by Crippen LogP contribution is -2.16. The van der Waals surface area contributed by atoms with Gasteiger partial charge >= 0.3 is 0 Å². The number of nitrogens with one attached hydrogen (secondary N) is 2. The molecule has 2 aromatic heterocycles. The first-order valence-corrected chi connectivity index (χ1v) is 8.99. The molecule has 0 aliphatic carbocycles. The van der Waals surface area contributed by atoms with Crippen LogP contribution in [0.5, 0.6) is 5.75 Å². The summed E-state index contributed by atoms with van der Waals surface area (Å²) in [5, 5.41) is 11.4. The summed E-state index contributed by atoms with van der Waals surface area (Å²) in [6, 6.07) is 8.03. The molecular weight excluding hydrogens is 342 g/mol. The van der Waals surface area contributed by atoms with Crippen molar-refractivity contribution >= 4 is 28.3 Å². The van der Waals surface area contributed by atoms with Gasteiger partial charge in [0.1, 0.15) is 5.75 Å². The molecule has 0 spiro atoms. The molecule has 0 bridgehead atoms. The first-order chi connectivity index (χ1) is 13.0. The van der Waals surface area contributed by atoms with E-state index in [0.717, 1.165) is 28.0 Å². The van der Waals surface area contributed by atoms with Crippen LogP contribution in [0.3, 0.4) is 0 Å². The third-order valence-corrected chi connectivity index (χ3v) is 4.23. The summed E-state index contributed by atoms with van der Waals surface area (Å²) >= 11 is 0. The average molecular weight is 367 g/mol. The number of methoxy groups -OCH3 is 1. The summed E-state index contributed by atoms with van der Waals surface area (Å²) in [6.45, 7) is 6.63. The zero-order valence-electron chi connectivity index (χ0n) is 16.1. The number of benzene rings is 1. The molecule has 1 aromatic carbocycles. The number of carbonyl (C=O) groups excluding carboxylic acids is 1. The highest BCUT2D eigenvalue weighted by Gasteiger charge is 2.10. The van der Waals surface area contributed by atoms with Crippen LogP contribution < -0.4 is 15.4 Å². The van der Waals surface area contributed by atoms with E-state index >= 15 is 0 Å². The van der Waals surface area contributed by atoms with Crippen molar-refractivity contribution in [1.29, 1.82) is 0 Å².